The van der Waals surface area contributed by atoms with E-state index in [0.29, 0.717) is 6.04 Å². The fraction of sp³-hybridized carbons (Fsp3) is 0.750. The van der Waals surface area contributed by atoms with E-state index in [-0.39, 0.29) is 0 Å². The molecule has 66 valence electrons. The van der Waals surface area contributed by atoms with Gasteiger partial charge in [-0.25, -0.2) is 0 Å². The lowest BCUT2D eigenvalue weighted by molar-refractivity contribution is 0.306. The van der Waals surface area contributed by atoms with E-state index < -0.39 is 0 Å². The zero-order valence-corrected chi connectivity index (χ0v) is 8.20. The van der Waals surface area contributed by atoms with Gasteiger partial charge < -0.3 is 0 Å². The van der Waals surface area contributed by atoms with Crippen molar-refractivity contribution < 1.29 is 0 Å². The van der Waals surface area contributed by atoms with Crippen LogP contribution in [-0.2, 0) is 0 Å². The Balaban J connectivity index is 0. The molecule has 0 aromatic heterocycles. The molecule has 0 saturated carbocycles. The van der Waals surface area contributed by atoms with Crippen LogP contribution in [0.5, 0.6) is 0 Å². The Bertz CT molecular complexity index is 108. The topological polar surface area (TPSA) is 28.0 Å². The lowest BCUT2D eigenvalue weighted by Crippen LogP contribution is -2.17. The minimum absolute atomic E-state index is 0.339. The van der Waals surface area contributed by atoms with Gasteiger partial charge in [0.15, 0.2) is 0 Å². The Labute approximate surface area is 69.8 Å². The van der Waals surface area contributed by atoms with Crippen molar-refractivity contribution in [1.82, 2.24) is 5.01 Å². The SMILES string of the molecule is C=CN(N=NC)C(C)C.CC. The second kappa shape index (κ2) is 9.14. The number of hydrogen-bond acceptors (Lipinski definition) is 2. The van der Waals surface area contributed by atoms with E-state index in [1.54, 1.807) is 18.3 Å². The molecule has 0 aliphatic carbocycles. The second-order valence-electron chi connectivity index (χ2n) is 1.95. The number of rotatable bonds is 3. The lowest BCUT2D eigenvalue weighted by atomic mass is 10.4. The van der Waals surface area contributed by atoms with Crippen LogP contribution in [0.3, 0.4) is 0 Å². The number of nitrogens with zero attached hydrogens (tertiary/aromatic N) is 3. The van der Waals surface area contributed by atoms with E-state index in [0.717, 1.165) is 0 Å². The first-order chi connectivity index (χ1) is 5.22. The molecule has 3 heteroatoms. The largest absolute Gasteiger partial charge is 0.253 e. The second-order valence-corrected chi connectivity index (χ2v) is 1.95. The Morgan fingerprint density at radius 1 is 1.36 bits per heavy atom. The molecule has 0 aromatic carbocycles. The molecule has 0 radical (unpaired) electrons. The van der Waals surface area contributed by atoms with Crippen molar-refractivity contribution in [2.24, 2.45) is 10.3 Å². The molecule has 0 bridgehead atoms. The summed E-state index contributed by atoms with van der Waals surface area (Å²) in [7, 11) is 1.64. The summed E-state index contributed by atoms with van der Waals surface area (Å²) in [6.07, 6.45) is 1.65. The minimum Gasteiger partial charge on any atom is -0.253 e. The maximum atomic E-state index is 3.78. The maximum absolute atomic E-state index is 3.78. The molecule has 0 aliphatic heterocycles. The summed E-state index contributed by atoms with van der Waals surface area (Å²) in [6.45, 7) is 11.6. The first-order valence-electron chi connectivity index (χ1n) is 3.93. The van der Waals surface area contributed by atoms with Crippen LogP contribution < -0.4 is 0 Å². The molecule has 0 aromatic rings. The van der Waals surface area contributed by atoms with Crippen molar-refractivity contribution in [3.8, 4) is 0 Å². The summed E-state index contributed by atoms with van der Waals surface area (Å²) in [5, 5.41) is 9.08. The van der Waals surface area contributed by atoms with E-state index in [1.807, 2.05) is 27.7 Å². The van der Waals surface area contributed by atoms with Gasteiger partial charge in [0.2, 0.25) is 0 Å². The minimum atomic E-state index is 0.339. The molecule has 11 heavy (non-hydrogen) atoms. The van der Waals surface area contributed by atoms with Crippen LogP contribution in [0.2, 0.25) is 0 Å². The van der Waals surface area contributed by atoms with Gasteiger partial charge >= 0.3 is 0 Å². The highest BCUT2D eigenvalue weighted by Crippen LogP contribution is 1.97. The molecule has 0 rings (SSSR count). The van der Waals surface area contributed by atoms with E-state index >= 15 is 0 Å². The summed E-state index contributed by atoms with van der Waals surface area (Å²) >= 11 is 0. The predicted octanol–water partition coefficient (Wildman–Crippen LogP) is 2.86. The van der Waals surface area contributed by atoms with Gasteiger partial charge in [-0.1, -0.05) is 25.6 Å². The highest BCUT2D eigenvalue weighted by Gasteiger charge is 1.98. The van der Waals surface area contributed by atoms with Crippen molar-refractivity contribution in [2.45, 2.75) is 33.7 Å². The zero-order chi connectivity index (χ0) is 9.28. The van der Waals surface area contributed by atoms with Crippen LogP contribution >= 0.6 is 0 Å². The van der Waals surface area contributed by atoms with Gasteiger partial charge in [0.1, 0.15) is 0 Å². The Kier molecular flexibility index (Phi) is 10.6. The van der Waals surface area contributed by atoms with E-state index in [9.17, 15) is 0 Å². The van der Waals surface area contributed by atoms with Crippen molar-refractivity contribution in [3.63, 3.8) is 0 Å². The van der Waals surface area contributed by atoms with E-state index in [4.69, 9.17) is 0 Å². The normalized spacial score (nSPS) is 9.27. The fourth-order valence-electron chi connectivity index (χ4n) is 0.454. The van der Waals surface area contributed by atoms with Crippen molar-refractivity contribution in [3.05, 3.63) is 12.8 Å². The van der Waals surface area contributed by atoms with Gasteiger partial charge in [-0.3, -0.25) is 5.01 Å². The monoisotopic (exact) mass is 157 g/mol. The standard InChI is InChI=1S/C6H13N3.C2H6/c1-5-9(6(2)3)8-7-4;1-2/h5-6H,1H2,2-4H3;1-2H3. The third-order valence-electron chi connectivity index (χ3n) is 0.909. The van der Waals surface area contributed by atoms with Crippen LogP contribution in [0.4, 0.5) is 0 Å². The predicted molar refractivity (Wildman–Crippen MR) is 49.3 cm³/mol. The number of hydrogen-bond donors (Lipinski definition) is 0. The van der Waals surface area contributed by atoms with Gasteiger partial charge in [0, 0.05) is 12.2 Å². The van der Waals surface area contributed by atoms with Gasteiger partial charge in [-0.05, 0) is 13.8 Å². The van der Waals surface area contributed by atoms with E-state index in [2.05, 4.69) is 16.9 Å². The molecule has 0 heterocycles. The molecule has 0 atom stereocenters. The summed E-state index contributed by atoms with van der Waals surface area (Å²) in [6, 6.07) is 0.339. The van der Waals surface area contributed by atoms with Crippen molar-refractivity contribution in [1.29, 1.82) is 0 Å². The van der Waals surface area contributed by atoms with E-state index in [1.165, 1.54) is 0 Å². The fourth-order valence-corrected chi connectivity index (χ4v) is 0.454. The van der Waals surface area contributed by atoms with Crippen molar-refractivity contribution in [2.75, 3.05) is 7.05 Å². The highest BCUT2D eigenvalue weighted by molar-refractivity contribution is 4.68. The molecule has 0 unspecified atom stereocenters. The smallest absolute Gasteiger partial charge is 0.0509 e. The summed E-state index contributed by atoms with van der Waals surface area (Å²) < 4.78 is 0. The van der Waals surface area contributed by atoms with Gasteiger partial charge in [-0.2, -0.15) is 5.11 Å². The average Bonchev–Trinajstić information content (AvgIpc) is 2.03. The molecule has 3 nitrogen and oxygen atoms in total. The average molecular weight is 157 g/mol. The quantitative estimate of drug-likeness (QED) is 0.457. The van der Waals surface area contributed by atoms with Crippen molar-refractivity contribution >= 4 is 0 Å². The molecular formula is C8H19N3. The molecular weight excluding hydrogens is 138 g/mol. The Hall–Kier alpha value is -0.860. The summed E-state index contributed by atoms with van der Waals surface area (Å²) in [4.78, 5) is 0. The zero-order valence-electron chi connectivity index (χ0n) is 8.20. The third kappa shape index (κ3) is 7.03. The van der Waals surface area contributed by atoms with Crippen LogP contribution in [0, 0.1) is 0 Å². The van der Waals surface area contributed by atoms with Gasteiger partial charge in [-0.15, -0.1) is 0 Å². The molecule has 0 spiro atoms. The molecule has 0 N–H and O–H groups in total. The molecule has 0 amide bonds. The van der Waals surface area contributed by atoms with Crippen LogP contribution in [0.15, 0.2) is 23.1 Å². The first-order valence-corrected chi connectivity index (χ1v) is 3.93. The Morgan fingerprint density at radius 2 is 1.82 bits per heavy atom. The highest BCUT2D eigenvalue weighted by atomic mass is 15.5. The van der Waals surface area contributed by atoms with Crippen LogP contribution in [0.1, 0.15) is 27.7 Å². The lowest BCUT2D eigenvalue weighted by Gasteiger charge is -2.15. The molecule has 0 saturated heterocycles. The summed E-state index contributed by atoms with van der Waals surface area (Å²) in [5.74, 6) is 0. The summed E-state index contributed by atoms with van der Waals surface area (Å²) in [5.41, 5.74) is 0. The Morgan fingerprint density at radius 3 is 1.91 bits per heavy atom. The molecule has 0 aliphatic rings. The maximum Gasteiger partial charge on any atom is 0.0509 e. The third-order valence-corrected chi connectivity index (χ3v) is 0.909. The molecule has 0 fully saturated rings. The first kappa shape index (κ1) is 12.8. The van der Waals surface area contributed by atoms with Crippen LogP contribution in [-0.4, -0.2) is 18.1 Å². The van der Waals surface area contributed by atoms with Crippen LogP contribution in [0.25, 0.3) is 0 Å². The van der Waals surface area contributed by atoms with Gasteiger partial charge in [0.05, 0.1) is 7.05 Å². The van der Waals surface area contributed by atoms with Gasteiger partial charge in [0.25, 0.3) is 0 Å².